The normalized spacial score (nSPS) is 12.7. The molecule has 0 fully saturated rings. The van der Waals surface area contributed by atoms with E-state index in [1.54, 1.807) is 11.3 Å². The molecule has 0 aliphatic heterocycles. The minimum Gasteiger partial charge on any atom is -0.323 e. The van der Waals surface area contributed by atoms with Crippen LogP contribution in [0.2, 0.25) is 5.02 Å². The summed E-state index contributed by atoms with van der Waals surface area (Å²) in [5.74, 6) is 0. The molecular formula is C13H12Br2ClNS. The van der Waals surface area contributed by atoms with Gasteiger partial charge in [0, 0.05) is 20.4 Å². The van der Waals surface area contributed by atoms with E-state index >= 15 is 0 Å². The highest BCUT2D eigenvalue weighted by Gasteiger charge is 2.14. The third kappa shape index (κ3) is 3.36. The maximum Gasteiger partial charge on any atom is 0.0843 e. The monoisotopic (exact) mass is 407 g/mol. The molecular weight excluding hydrogens is 397 g/mol. The third-order valence-electron chi connectivity index (χ3n) is 2.68. The Balaban J connectivity index is 2.18. The van der Waals surface area contributed by atoms with Crippen molar-refractivity contribution in [2.24, 2.45) is 5.73 Å². The van der Waals surface area contributed by atoms with Crippen LogP contribution in [-0.2, 0) is 6.42 Å². The van der Waals surface area contributed by atoms with Crippen LogP contribution in [-0.4, -0.2) is 0 Å². The first-order valence-electron chi connectivity index (χ1n) is 5.42. The Morgan fingerprint density at radius 2 is 2.06 bits per heavy atom. The Bertz CT molecular complexity index is 549. The number of hydrogen-bond donors (Lipinski definition) is 1. The van der Waals surface area contributed by atoms with E-state index in [9.17, 15) is 0 Å². The summed E-state index contributed by atoms with van der Waals surface area (Å²) < 4.78 is 2.12. The van der Waals surface area contributed by atoms with Crippen molar-refractivity contribution < 1.29 is 0 Å². The Kier molecular flexibility index (Phi) is 4.89. The Labute approximate surface area is 133 Å². The van der Waals surface area contributed by atoms with E-state index in [1.165, 1.54) is 5.56 Å². The highest BCUT2D eigenvalue weighted by atomic mass is 79.9. The van der Waals surface area contributed by atoms with E-state index in [0.717, 1.165) is 30.1 Å². The molecule has 1 heterocycles. The lowest BCUT2D eigenvalue weighted by molar-refractivity contribution is 0.736. The van der Waals surface area contributed by atoms with Crippen LogP contribution in [0.5, 0.6) is 0 Å². The Morgan fingerprint density at radius 1 is 1.33 bits per heavy atom. The van der Waals surface area contributed by atoms with Crippen molar-refractivity contribution in [2.75, 3.05) is 0 Å². The van der Waals surface area contributed by atoms with Gasteiger partial charge in [0.05, 0.1) is 3.79 Å². The molecule has 0 aliphatic rings. The van der Waals surface area contributed by atoms with Crippen molar-refractivity contribution in [1.29, 1.82) is 0 Å². The zero-order chi connectivity index (χ0) is 13.3. The lowest BCUT2D eigenvalue weighted by Gasteiger charge is -2.11. The molecule has 1 atom stereocenters. The van der Waals surface area contributed by atoms with E-state index in [4.69, 9.17) is 17.3 Å². The maximum absolute atomic E-state index is 6.23. The van der Waals surface area contributed by atoms with Crippen molar-refractivity contribution in [2.45, 2.75) is 19.4 Å². The van der Waals surface area contributed by atoms with Crippen LogP contribution < -0.4 is 5.73 Å². The van der Waals surface area contributed by atoms with Gasteiger partial charge in [0.1, 0.15) is 0 Å². The molecule has 2 aromatic rings. The molecule has 5 heteroatoms. The van der Waals surface area contributed by atoms with Crippen LogP contribution in [0.4, 0.5) is 0 Å². The fraction of sp³-hybridized carbons (Fsp3) is 0.231. The Morgan fingerprint density at radius 3 is 2.61 bits per heavy atom. The lowest BCUT2D eigenvalue weighted by atomic mass is 10.0. The number of thiophene rings is 1. The minimum absolute atomic E-state index is 0.0298. The van der Waals surface area contributed by atoms with Crippen molar-refractivity contribution >= 4 is 54.8 Å². The van der Waals surface area contributed by atoms with Crippen LogP contribution in [0.25, 0.3) is 0 Å². The van der Waals surface area contributed by atoms with Crippen LogP contribution in [0.1, 0.15) is 22.0 Å². The van der Waals surface area contributed by atoms with Gasteiger partial charge in [-0.1, -0.05) is 23.7 Å². The molecule has 18 heavy (non-hydrogen) atoms. The smallest absolute Gasteiger partial charge is 0.0843 e. The van der Waals surface area contributed by atoms with Gasteiger partial charge in [0.2, 0.25) is 0 Å². The van der Waals surface area contributed by atoms with Crippen molar-refractivity contribution in [3.05, 3.63) is 53.6 Å². The second-order valence-corrected chi connectivity index (χ2v) is 7.84. The fourth-order valence-corrected chi connectivity index (χ4v) is 4.10. The van der Waals surface area contributed by atoms with Gasteiger partial charge in [-0.15, -0.1) is 11.3 Å². The Hall–Kier alpha value is 0.130. The summed E-state index contributed by atoms with van der Waals surface area (Å²) in [7, 11) is 0. The average molecular weight is 410 g/mol. The predicted molar refractivity (Wildman–Crippen MR) is 86.5 cm³/mol. The molecule has 1 unspecified atom stereocenters. The van der Waals surface area contributed by atoms with Gasteiger partial charge in [0.25, 0.3) is 0 Å². The zero-order valence-corrected chi connectivity index (χ0v) is 14.5. The average Bonchev–Trinajstić information content (AvgIpc) is 2.63. The molecule has 1 nitrogen and oxygen atoms in total. The molecule has 0 spiro atoms. The lowest BCUT2D eigenvalue weighted by Crippen LogP contribution is -2.12. The highest BCUT2D eigenvalue weighted by molar-refractivity contribution is 9.13. The molecule has 2 rings (SSSR count). The summed E-state index contributed by atoms with van der Waals surface area (Å²) in [5, 5.41) is 0.792. The second-order valence-electron chi connectivity index (χ2n) is 4.18. The fourth-order valence-electron chi connectivity index (χ4n) is 1.70. The van der Waals surface area contributed by atoms with Gasteiger partial charge < -0.3 is 5.73 Å². The van der Waals surface area contributed by atoms with Gasteiger partial charge >= 0.3 is 0 Å². The first kappa shape index (κ1) is 14.5. The summed E-state index contributed by atoms with van der Waals surface area (Å²) in [6, 6.07) is 8.12. The molecule has 0 amide bonds. The number of halogens is 3. The van der Waals surface area contributed by atoms with Gasteiger partial charge in [-0.2, -0.15) is 0 Å². The summed E-state index contributed by atoms with van der Waals surface area (Å²) in [6.07, 6.45) is 0.749. The van der Waals surface area contributed by atoms with Crippen LogP contribution in [0.15, 0.2) is 32.5 Å². The van der Waals surface area contributed by atoms with Crippen molar-refractivity contribution in [3.8, 4) is 0 Å². The predicted octanol–water partition coefficient (Wildman–Crippen LogP) is 5.48. The first-order chi connectivity index (χ1) is 8.47. The van der Waals surface area contributed by atoms with E-state index in [2.05, 4.69) is 50.1 Å². The third-order valence-corrected chi connectivity index (χ3v) is 6.42. The highest BCUT2D eigenvalue weighted by Crippen LogP contribution is 2.36. The van der Waals surface area contributed by atoms with Gasteiger partial charge in [-0.05, 0) is 68.5 Å². The number of hydrogen-bond acceptors (Lipinski definition) is 2. The summed E-state index contributed by atoms with van der Waals surface area (Å²) in [4.78, 5) is 1.14. The largest absolute Gasteiger partial charge is 0.323 e. The quantitative estimate of drug-likeness (QED) is 0.714. The number of nitrogens with two attached hydrogens (primary N) is 1. The van der Waals surface area contributed by atoms with E-state index < -0.39 is 0 Å². The SMILES string of the molecule is Cc1ccc(CC(N)c2cc(Br)c(Br)s2)c(Cl)c1. The number of rotatable bonds is 3. The summed E-state index contributed by atoms with van der Waals surface area (Å²) in [6.45, 7) is 2.03. The minimum atomic E-state index is -0.0298. The molecule has 1 aromatic heterocycles. The van der Waals surface area contributed by atoms with E-state index in [-0.39, 0.29) is 6.04 Å². The molecule has 1 aromatic carbocycles. The summed E-state index contributed by atoms with van der Waals surface area (Å²) in [5.41, 5.74) is 8.48. The topological polar surface area (TPSA) is 26.0 Å². The van der Waals surface area contributed by atoms with Crippen molar-refractivity contribution in [3.63, 3.8) is 0 Å². The zero-order valence-electron chi connectivity index (χ0n) is 9.71. The summed E-state index contributed by atoms with van der Waals surface area (Å²) >= 11 is 14.8. The second kappa shape index (κ2) is 6.06. The molecule has 0 saturated heterocycles. The molecule has 0 aliphatic carbocycles. The number of aryl methyl sites for hydroxylation is 1. The van der Waals surface area contributed by atoms with Crippen LogP contribution >= 0.6 is 54.8 Å². The molecule has 0 radical (unpaired) electrons. The molecule has 96 valence electrons. The van der Waals surface area contributed by atoms with Gasteiger partial charge in [-0.3, -0.25) is 0 Å². The van der Waals surface area contributed by atoms with Crippen molar-refractivity contribution in [1.82, 2.24) is 0 Å². The van der Waals surface area contributed by atoms with E-state index in [0.29, 0.717) is 0 Å². The maximum atomic E-state index is 6.23. The molecule has 2 N–H and O–H groups in total. The van der Waals surface area contributed by atoms with Gasteiger partial charge in [0.15, 0.2) is 0 Å². The number of benzene rings is 1. The van der Waals surface area contributed by atoms with Gasteiger partial charge in [-0.25, -0.2) is 0 Å². The first-order valence-corrected chi connectivity index (χ1v) is 8.20. The standard InChI is InChI=1S/C13H12Br2ClNS/c1-7-2-3-8(10(16)4-7)5-11(17)12-6-9(14)13(15)18-12/h2-4,6,11H,5,17H2,1H3. The molecule has 0 bridgehead atoms. The molecule has 0 saturated carbocycles. The van der Waals surface area contributed by atoms with Crippen LogP contribution in [0, 0.1) is 6.92 Å². The van der Waals surface area contributed by atoms with Crippen LogP contribution in [0.3, 0.4) is 0 Å². The van der Waals surface area contributed by atoms with E-state index in [1.807, 2.05) is 13.0 Å².